The van der Waals surface area contributed by atoms with E-state index >= 15 is 25.2 Å². The normalized spacial score (nSPS) is 52.7. The maximum Gasteiger partial charge on any atom is 0.331 e. The number of aliphatic hydroxyl groups excluding tert-OH is 2. The molecule has 6 spiro atoms. The molecule has 3 aromatic carbocycles. The second-order valence-electron chi connectivity index (χ2n) is 36.7. The minimum atomic E-state index is -2.37. The van der Waals surface area contributed by atoms with Crippen LogP contribution in [0.4, 0.5) is 0 Å². The molecule has 10 heteroatoms. The van der Waals surface area contributed by atoms with E-state index in [4.69, 9.17) is 9.47 Å². The number of carbonyl (C=O) groups excluding carboxylic acids is 2. The van der Waals surface area contributed by atoms with Gasteiger partial charge in [-0.1, -0.05) is 109 Å². The number of aliphatic hydroxyl groups is 5. The lowest BCUT2D eigenvalue weighted by molar-refractivity contribution is -0.450. The summed E-state index contributed by atoms with van der Waals surface area (Å²) >= 11 is 0. The van der Waals surface area contributed by atoms with Crippen LogP contribution < -0.4 is 5.32 Å². The van der Waals surface area contributed by atoms with Gasteiger partial charge in [0, 0.05) is 75.9 Å². The maximum absolute atomic E-state index is 17.0. The fourth-order valence-electron chi connectivity index (χ4n) is 32.1. The van der Waals surface area contributed by atoms with Crippen LogP contribution in [0.5, 0.6) is 0 Å². The SMILES string of the molecule is CNC1Cc2c(cccc2CO)C#CC2(CCCC2)CC23CC4C#CCC5C(c6ccccc6)CCC67CCC8C(CC56)C75CC6(C=O)C4C(O)(C(O)C4CC7C9C=CCC7C7CCC(Cc%10cccc(c%10)CC8%10CCC(C9)(C5O%10)C46O)C7)C2(O)CC2CC1C1OC(=O)C=C1C23. The van der Waals surface area contributed by atoms with Gasteiger partial charge in [-0.3, -0.25) is 0 Å². The van der Waals surface area contributed by atoms with Gasteiger partial charge in [0.05, 0.1) is 35.4 Å². The van der Waals surface area contributed by atoms with Crippen LogP contribution >= 0.6 is 0 Å². The van der Waals surface area contributed by atoms with E-state index in [0.29, 0.717) is 69.6 Å². The smallest absolute Gasteiger partial charge is 0.331 e. The minimum absolute atomic E-state index is 0.0490. The molecule has 20 aliphatic rings. The molecule has 29 unspecified atom stereocenters. The van der Waals surface area contributed by atoms with Crippen LogP contribution in [0.25, 0.3) is 0 Å². The van der Waals surface area contributed by atoms with E-state index in [-0.39, 0.29) is 89.6 Å². The van der Waals surface area contributed by atoms with Crippen LogP contribution in [0.3, 0.4) is 0 Å². The molecule has 4 aliphatic heterocycles. The number of fused-ring (bicyclic) bond motifs is 3. The summed E-state index contributed by atoms with van der Waals surface area (Å²) in [6, 6.07) is 26.8. The summed E-state index contributed by atoms with van der Waals surface area (Å²) in [4.78, 5) is 31.6. The third kappa shape index (κ3) is 6.97. The van der Waals surface area contributed by atoms with E-state index in [1.54, 1.807) is 6.08 Å². The van der Waals surface area contributed by atoms with E-state index in [1.807, 2.05) is 19.2 Å². The Morgan fingerprint density at radius 2 is 1.59 bits per heavy atom. The highest BCUT2D eigenvalue weighted by molar-refractivity contribution is 5.86. The summed E-state index contributed by atoms with van der Waals surface area (Å²) in [5.74, 6) is 14.4. The highest BCUT2D eigenvalue weighted by Gasteiger charge is 2.95. The van der Waals surface area contributed by atoms with Gasteiger partial charge < -0.3 is 45.1 Å². The van der Waals surface area contributed by atoms with Crippen LogP contribution in [0, 0.1) is 145 Å². The number of nitrogens with one attached hydrogen (secondary N) is 1. The van der Waals surface area contributed by atoms with Crippen LogP contribution in [0.2, 0.25) is 0 Å². The van der Waals surface area contributed by atoms with Crippen LogP contribution in [-0.4, -0.2) is 91.6 Å². The Morgan fingerprint density at radius 3 is 2.44 bits per heavy atom. The quantitative estimate of drug-likeness (QED) is 0.0641. The number of hydrogen-bond donors (Lipinski definition) is 6. The van der Waals surface area contributed by atoms with Gasteiger partial charge in [-0.2, -0.15) is 0 Å². The van der Waals surface area contributed by atoms with Crippen molar-refractivity contribution in [3.63, 3.8) is 0 Å². The molecule has 3 aromatic rings. The number of benzene rings is 3. The molecule has 21 bridgehead atoms. The number of carbonyl (C=O) groups is 2. The molecule has 16 aliphatic carbocycles. The maximum atomic E-state index is 17.0. The van der Waals surface area contributed by atoms with Crippen LogP contribution in [0.1, 0.15) is 187 Å². The average molecular weight is 1290 g/mol. The summed E-state index contributed by atoms with van der Waals surface area (Å²) in [7, 11) is 1.98. The minimum Gasteiger partial charge on any atom is -0.454 e. The summed E-state index contributed by atoms with van der Waals surface area (Å²) in [6.45, 7) is -0.133. The van der Waals surface area contributed by atoms with Crippen molar-refractivity contribution in [2.24, 2.45) is 121 Å². The zero-order valence-corrected chi connectivity index (χ0v) is 56.2. The van der Waals surface area contributed by atoms with Crippen molar-refractivity contribution in [2.75, 3.05) is 7.05 Å². The van der Waals surface area contributed by atoms with Gasteiger partial charge in [0.25, 0.3) is 0 Å². The Balaban J connectivity index is 0.856. The fourth-order valence-corrected chi connectivity index (χ4v) is 32.1. The summed E-state index contributed by atoms with van der Waals surface area (Å²) < 4.78 is 15.5. The number of allylic oxidation sites excluding steroid dienone is 2. The van der Waals surface area contributed by atoms with Gasteiger partial charge in [-0.05, 0) is 264 Å². The Kier molecular flexibility index (Phi) is 12.5. The number of rotatable bonds is 4. The molecule has 10 nitrogen and oxygen atoms in total. The van der Waals surface area contributed by atoms with Crippen molar-refractivity contribution in [1.82, 2.24) is 5.32 Å². The lowest BCUT2D eigenvalue weighted by Crippen LogP contribution is -2.92. The van der Waals surface area contributed by atoms with Gasteiger partial charge in [0.2, 0.25) is 0 Å². The zero-order chi connectivity index (χ0) is 64.5. The van der Waals surface area contributed by atoms with Gasteiger partial charge in [0.1, 0.15) is 23.6 Å². The molecule has 29 atom stereocenters. The number of esters is 1. The van der Waals surface area contributed by atoms with E-state index in [2.05, 4.69) is 102 Å². The molecule has 0 amide bonds. The number of ether oxygens (including phenoxy) is 2. The highest BCUT2D eigenvalue weighted by atomic mass is 16.5. The van der Waals surface area contributed by atoms with Crippen LogP contribution in [0.15, 0.2) is 96.6 Å². The molecule has 96 heavy (non-hydrogen) atoms. The van der Waals surface area contributed by atoms with Crippen molar-refractivity contribution >= 4 is 12.3 Å². The summed E-state index contributed by atoms with van der Waals surface area (Å²) in [5, 5.41) is 79.1. The molecule has 4 heterocycles. The molecule has 0 aromatic heterocycles. The second-order valence-corrected chi connectivity index (χ2v) is 36.7. The Morgan fingerprint density at radius 1 is 0.750 bits per heavy atom. The molecular weight excluding hydrogens is 1190 g/mol. The van der Waals surface area contributed by atoms with Crippen molar-refractivity contribution in [3.8, 4) is 23.7 Å². The molecule has 502 valence electrons. The predicted octanol–water partition coefficient (Wildman–Crippen LogP) is 11.9. The van der Waals surface area contributed by atoms with Crippen molar-refractivity contribution in [2.45, 2.75) is 226 Å². The Bertz CT molecular complexity index is 4020. The lowest BCUT2D eigenvalue weighted by atomic mass is 9.24. The van der Waals surface area contributed by atoms with Crippen molar-refractivity contribution in [1.29, 1.82) is 0 Å². The van der Waals surface area contributed by atoms with Crippen molar-refractivity contribution < 1.29 is 44.6 Å². The first-order valence-corrected chi connectivity index (χ1v) is 38.7. The van der Waals surface area contributed by atoms with E-state index in [9.17, 15) is 9.90 Å². The molecule has 0 radical (unpaired) electrons. The van der Waals surface area contributed by atoms with E-state index in [1.165, 1.54) is 29.4 Å². The van der Waals surface area contributed by atoms with Crippen molar-refractivity contribution in [3.05, 3.63) is 130 Å². The van der Waals surface area contributed by atoms with Gasteiger partial charge in [-0.25, -0.2) is 4.79 Å². The monoisotopic (exact) mass is 1290 g/mol. The molecule has 23 rings (SSSR count). The molecule has 2 saturated heterocycles. The van der Waals surface area contributed by atoms with Gasteiger partial charge >= 0.3 is 5.97 Å². The molecule has 13 fully saturated rings. The zero-order valence-electron chi connectivity index (χ0n) is 56.2. The molecular formula is C86H99NO9. The highest BCUT2D eigenvalue weighted by Crippen LogP contribution is 2.91. The largest absolute Gasteiger partial charge is 0.454 e. The Labute approximate surface area is 567 Å². The van der Waals surface area contributed by atoms with E-state index in [0.717, 1.165) is 119 Å². The lowest BCUT2D eigenvalue weighted by Gasteiger charge is -2.83. The number of hydrogen-bond acceptors (Lipinski definition) is 10. The molecule has 6 N–H and O–H groups in total. The van der Waals surface area contributed by atoms with Gasteiger partial charge in [-0.15, -0.1) is 5.92 Å². The third-order valence-electron chi connectivity index (χ3n) is 34.6. The second kappa shape index (κ2) is 20.0. The summed E-state index contributed by atoms with van der Waals surface area (Å²) in [6.07, 6.45) is 25.7. The first-order chi connectivity index (χ1) is 46.6. The first kappa shape index (κ1) is 59.9. The van der Waals surface area contributed by atoms with Crippen LogP contribution in [-0.2, 0) is 44.9 Å². The number of aldehydes is 1. The standard InChI is InChI=1S/C86H99NO9/c1-87-70-38-62-53(15-8-18-57(62)45-88)23-28-77(26-5-6-27-77)46-80-43-56-17-10-20-61-60(52-13-3-2-4-14-52)24-29-78-30-25-66-68(40-67(61)78)83(78)47-81(48-89)74(56)85(93,84(80,92)44-58-36-64(70)73-65(72(58)80)39-71(90)95-73)75(91)69-37-63-55-16-9-19-59(63)54-22-21-50(35-54)33-49-11-7-12-51(34-49)41-82(66)32-31-79(42-55,76(83)96-82)86(69,81)94/h2-4,7-9,11-16,18,34,39,48,50,54-56,58-61,63-64,66-70,72-76,87-88,91-94H,5-6,19-22,24-27,29-33,35-38,40-47H2,1H3. The molecule has 11 saturated carbocycles. The topological polar surface area (TPSA) is 166 Å². The average Bonchev–Trinajstić information content (AvgIpc) is 1.19. The third-order valence-corrected chi connectivity index (χ3v) is 34.6. The number of likely N-dealkylation sites (N-methyl/N-ethyl adjacent to an activating group) is 1. The van der Waals surface area contributed by atoms with E-state index < -0.39 is 91.5 Å². The predicted molar refractivity (Wildman–Crippen MR) is 361 cm³/mol. The summed E-state index contributed by atoms with van der Waals surface area (Å²) in [5.41, 5.74) is -4.45. The fraction of sp³-hybridized carbons (Fsp3) is 0.674. The first-order valence-electron chi connectivity index (χ1n) is 38.7. The Hall–Kier alpha value is -4.88. The van der Waals surface area contributed by atoms with Gasteiger partial charge in [0.15, 0.2) is 0 Å².